The average Bonchev–Trinajstić information content (AvgIpc) is 3.28. The fourth-order valence-corrected chi connectivity index (χ4v) is 4.94. The molecule has 0 saturated heterocycles. The van der Waals surface area contributed by atoms with Gasteiger partial charge in [0.15, 0.2) is 0 Å². The van der Waals surface area contributed by atoms with Crippen molar-refractivity contribution in [3.05, 3.63) is 60.9 Å². The number of rotatable bonds is 7. The number of nitrogen functional groups attached to an aromatic ring is 1. The van der Waals surface area contributed by atoms with Crippen molar-refractivity contribution >= 4 is 28.6 Å². The topological polar surface area (TPSA) is 112 Å². The van der Waals surface area contributed by atoms with Crippen molar-refractivity contribution in [2.75, 3.05) is 17.7 Å². The van der Waals surface area contributed by atoms with Crippen LogP contribution in [0.15, 0.2) is 65.3 Å². The molecule has 0 aliphatic heterocycles. The van der Waals surface area contributed by atoms with Gasteiger partial charge in [-0.25, -0.2) is 14.8 Å². The summed E-state index contributed by atoms with van der Waals surface area (Å²) in [6.45, 7) is 5.51. The summed E-state index contributed by atoms with van der Waals surface area (Å²) in [5.74, 6) is 1.10. The summed E-state index contributed by atoms with van der Waals surface area (Å²) >= 11 is 0. The first-order valence-electron chi connectivity index (χ1n) is 13.1. The number of benzene rings is 2. The van der Waals surface area contributed by atoms with Crippen LogP contribution < -0.4 is 11.1 Å². The van der Waals surface area contributed by atoms with Crippen molar-refractivity contribution in [3.63, 3.8) is 0 Å². The first-order valence-corrected chi connectivity index (χ1v) is 13.1. The number of furan rings is 1. The van der Waals surface area contributed by atoms with Gasteiger partial charge in [0.1, 0.15) is 30.1 Å². The van der Waals surface area contributed by atoms with Crippen LogP contribution in [0.4, 0.5) is 11.5 Å². The van der Waals surface area contributed by atoms with Gasteiger partial charge in [-0.3, -0.25) is 0 Å². The summed E-state index contributed by atoms with van der Waals surface area (Å²) in [6, 6.07) is 17.9. The van der Waals surface area contributed by atoms with E-state index in [4.69, 9.17) is 19.6 Å². The van der Waals surface area contributed by atoms with Crippen molar-refractivity contribution < 1.29 is 18.7 Å². The molecule has 1 fully saturated rings. The molecule has 2 aromatic heterocycles. The Bertz CT molecular complexity index is 1390. The van der Waals surface area contributed by atoms with Gasteiger partial charge < -0.3 is 24.9 Å². The smallest absolute Gasteiger partial charge is 0.332 e. The molecule has 1 aliphatic carbocycles. The van der Waals surface area contributed by atoms with Crippen LogP contribution in [-0.4, -0.2) is 40.3 Å². The van der Waals surface area contributed by atoms with E-state index in [-0.39, 0.29) is 24.7 Å². The zero-order chi connectivity index (χ0) is 26.7. The van der Waals surface area contributed by atoms with Gasteiger partial charge in [-0.2, -0.15) is 0 Å². The fraction of sp³-hybridized carbons (Fsp3) is 0.367. The number of nitrogens with one attached hydrogen (secondary N) is 1. The molecule has 0 spiro atoms. The molecule has 0 amide bonds. The number of carbonyl (C=O) groups is 1. The number of nitrogens with zero attached hydrogens (tertiary/aromatic N) is 2. The third-order valence-electron chi connectivity index (χ3n) is 6.55. The maximum Gasteiger partial charge on any atom is 0.332 e. The van der Waals surface area contributed by atoms with Crippen LogP contribution in [0.1, 0.15) is 46.5 Å². The highest BCUT2D eigenvalue weighted by atomic mass is 16.6. The molecule has 0 bridgehead atoms. The SMILES string of the molecule is CC(C)(C)OC(=O)CO[C@H]1CCC[C@H](Nc2ncnc3oc(-c4ccccc4)c(-c4ccc(N)cc4)c23)C1. The Hall–Kier alpha value is -3.91. The molecule has 1 saturated carbocycles. The lowest BCUT2D eigenvalue weighted by Gasteiger charge is -2.30. The average molecular weight is 515 g/mol. The number of esters is 1. The number of hydrogen-bond donors (Lipinski definition) is 2. The van der Waals surface area contributed by atoms with Crippen LogP contribution in [0.2, 0.25) is 0 Å². The van der Waals surface area contributed by atoms with Crippen LogP contribution in [0.5, 0.6) is 0 Å². The first kappa shape index (κ1) is 25.7. The Morgan fingerprint density at radius 3 is 2.55 bits per heavy atom. The van der Waals surface area contributed by atoms with Crippen molar-refractivity contribution in [2.45, 2.75) is 64.2 Å². The highest BCUT2D eigenvalue weighted by Crippen LogP contribution is 2.43. The second-order valence-electron chi connectivity index (χ2n) is 10.7. The Morgan fingerprint density at radius 2 is 1.82 bits per heavy atom. The predicted molar refractivity (Wildman–Crippen MR) is 149 cm³/mol. The summed E-state index contributed by atoms with van der Waals surface area (Å²) < 4.78 is 17.6. The van der Waals surface area contributed by atoms with E-state index in [0.29, 0.717) is 17.2 Å². The van der Waals surface area contributed by atoms with Crippen molar-refractivity contribution in [1.29, 1.82) is 0 Å². The van der Waals surface area contributed by atoms with E-state index in [0.717, 1.165) is 53.5 Å². The van der Waals surface area contributed by atoms with E-state index in [2.05, 4.69) is 15.3 Å². The summed E-state index contributed by atoms with van der Waals surface area (Å²) in [5, 5.41) is 4.46. The van der Waals surface area contributed by atoms with Crippen molar-refractivity contribution in [1.82, 2.24) is 9.97 Å². The van der Waals surface area contributed by atoms with Crippen LogP contribution in [-0.2, 0) is 14.3 Å². The lowest BCUT2D eigenvalue weighted by molar-refractivity contribution is -0.162. The standard InChI is InChI=1S/C30H34N4O4/c1-30(2,3)38-24(35)17-36-23-11-7-10-22(16-23)34-28-26-25(19-12-14-21(31)15-13-19)27(20-8-5-4-6-9-20)37-29(26)33-18-32-28/h4-6,8-9,12-15,18,22-23H,7,10-11,16-17,31H2,1-3H3,(H,32,33,34)/t22-,23-/m0/s1. The zero-order valence-electron chi connectivity index (χ0n) is 22.1. The minimum absolute atomic E-state index is 0.0353. The number of carbonyl (C=O) groups excluding carboxylic acids is 1. The van der Waals surface area contributed by atoms with Gasteiger partial charge in [-0.1, -0.05) is 42.5 Å². The van der Waals surface area contributed by atoms with E-state index in [1.807, 2.05) is 75.4 Å². The third-order valence-corrected chi connectivity index (χ3v) is 6.55. The first-order chi connectivity index (χ1) is 18.3. The number of hydrogen-bond acceptors (Lipinski definition) is 8. The van der Waals surface area contributed by atoms with Gasteiger partial charge in [0.25, 0.3) is 0 Å². The zero-order valence-corrected chi connectivity index (χ0v) is 22.1. The van der Waals surface area contributed by atoms with E-state index >= 15 is 0 Å². The molecule has 0 unspecified atom stereocenters. The molecule has 0 radical (unpaired) electrons. The number of anilines is 2. The fourth-order valence-electron chi connectivity index (χ4n) is 4.94. The van der Waals surface area contributed by atoms with E-state index in [9.17, 15) is 4.79 Å². The third kappa shape index (κ3) is 5.97. The summed E-state index contributed by atoms with van der Waals surface area (Å²) in [4.78, 5) is 21.2. The highest BCUT2D eigenvalue weighted by Gasteiger charge is 2.27. The van der Waals surface area contributed by atoms with Gasteiger partial charge in [-0.15, -0.1) is 0 Å². The molecule has 1 aliphatic rings. The molecule has 2 heterocycles. The Labute approximate surface area is 222 Å². The molecule has 2 aromatic carbocycles. The molecule has 8 heteroatoms. The van der Waals surface area contributed by atoms with Crippen LogP contribution in [0, 0.1) is 0 Å². The number of fused-ring (bicyclic) bond motifs is 1. The Kier molecular flexibility index (Phi) is 7.33. The minimum atomic E-state index is -0.527. The molecule has 4 aromatic rings. The lowest BCUT2D eigenvalue weighted by Crippen LogP contribution is -2.34. The monoisotopic (exact) mass is 514 g/mol. The second-order valence-corrected chi connectivity index (χ2v) is 10.7. The molecule has 198 valence electrons. The Morgan fingerprint density at radius 1 is 1.05 bits per heavy atom. The number of ether oxygens (including phenoxy) is 2. The van der Waals surface area contributed by atoms with Crippen molar-refractivity contribution in [2.24, 2.45) is 0 Å². The maximum atomic E-state index is 12.1. The predicted octanol–water partition coefficient (Wildman–Crippen LogP) is 6.22. The normalized spacial score (nSPS) is 17.9. The quantitative estimate of drug-likeness (QED) is 0.221. The van der Waals surface area contributed by atoms with Gasteiger partial charge in [0, 0.05) is 22.9 Å². The molecular formula is C30H34N4O4. The van der Waals surface area contributed by atoms with Gasteiger partial charge in [0.2, 0.25) is 5.71 Å². The number of aromatic nitrogens is 2. The van der Waals surface area contributed by atoms with Gasteiger partial charge in [-0.05, 0) is 64.2 Å². The largest absolute Gasteiger partial charge is 0.458 e. The highest BCUT2D eigenvalue weighted by molar-refractivity contribution is 6.06. The van der Waals surface area contributed by atoms with Crippen molar-refractivity contribution in [3.8, 4) is 22.5 Å². The van der Waals surface area contributed by atoms with E-state index < -0.39 is 5.60 Å². The Balaban J connectivity index is 1.42. The molecule has 5 rings (SSSR count). The molecular weight excluding hydrogens is 480 g/mol. The summed E-state index contributed by atoms with van der Waals surface area (Å²) in [5.41, 5.74) is 9.50. The molecule has 38 heavy (non-hydrogen) atoms. The van der Waals surface area contributed by atoms with Gasteiger partial charge in [0.05, 0.1) is 11.5 Å². The van der Waals surface area contributed by atoms with E-state index in [1.165, 1.54) is 6.33 Å². The van der Waals surface area contributed by atoms with Gasteiger partial charge >= 0.3 is 5.97 Å². The lowest BCUT2D eigenvalue weighted by atomic mass is 9.92. The summed E-state index contributed by atoms with van der Waals surface area (Å²) in [7, 11) is 0. The summed E-state index contributed by atoms with van der Waals surface area (Å²) in [6.07, 6.45) is 5.10. The van der Waals surface area contributed by atoms with Crippen LogP contribution >= 0.6 is 0 Å². The molecule has 8 nitrogen and oxygen atoms in total. The molecule has 3 N–H and O–H groups in total. The van der Waals surface area contributed by atoms with Crippen LogP contribution in [0.25, 0.3) is 33.6 Å². The number of nitrogens with two attached hydrogens (primary N) is 1. The maximum absolute atomic E-state index is 12.1. The molecule has 2 atom stereocenters. The minimum Gasteiger partial charge on any atom is -0.458 e. The van der Waals surface area contributed by atoms with E-state index in [1.54, 1.807) is 0 Å². The second kappa shape index (κ2) is 10.8. The van der Waals surface area contributed by atoms with Crippen LogP contribution in [0.3, 0.4) is 0 Å².